The first-order valence-corrected chi connectivity index (χ1v) is 13.4. The molecule has 2 N–H and O–H groups in total. The summed E-state index contributed by atoms with van der Waals surface area (Å²) in [6.07, 6.45) is 1.28. The molecule has 6 rings (SSSR count). The van der Waals surface area contributed by atoms with Crippen LogP contribution in [0.4, 0.5) is 0 Å². The molecule has 1 fully saturated rings. The highest BCUT2D eigenvalue weighted by molar-refractivity contribution is 6.03. The number of aromatic nitrogens is 3. The number of ether oxygens (including phenoxy) is 2. The molecule has 0 saturated carbocycles. The lowest BCUT2D eigenvalue weighted by Gasteiger charge is -2.38. The van der Waals surface area contributed by atoms with E-state index in [-0.39, 0.29) is 11.1 Å². The Bertz CT molecular complexity index is 1690. The van der Waals surface area contributed by atoms with E-state index >= 15 is 0 Å². The number of para-hydroxylation sites is 1. The number of rotatable bonds is 9. The number of benzene rings is 3. The van der Waals surface area contributed by atoms with Gasteiger partial charge in [0, 0.05) is 33.0 Å². The van der Waals surface area contributed by atoms with Crippen LogP contribution < -0.4 is 4.74 Å². The SMILES string of the molecule is Cc1nn(CC2(C)COC2)c(C)c1-c1cccc2c(CCCOc3cccc4ccccc34)c(C(=O)O)[nH]c12. The number of hydrogen-bond acceptors (Lipinski definition) is 4. The lowest BCUT2D eigenvalue weighted by atomic mass is 9.88. The van der Waals surface area contributed by atoms with E-state index < -0.39 is 5.97 Å². The summed E-state index contributed by atoms with van der Waals surface area (Å²) in [6.45, 7) is 9.08. The Morgan fingerprint density at radius 2 is 1.82 bits per heavy atom. The summed E-state index contributed by atoms with van der Waals surface area (Å²) in [5.41, 5.74) is 6.01. The van der Waals surface area contributed by atoms with Crippen molar-refractivity contribution in [3.63, 3.8) is 0 Å². The summed E-state index contributed by atoms with van der Waals surface area (Å²) in [5.74, 6) is -0.109. The van der Waals surface area contributed by atoms with Crippen LogP contribution in [0.3, 0.4) is 0 Å². The van der Waals surface area contributed by atoms with Crippen molar-refractivity contribution in [3.8, 4) is 16.9 Å². The molecule has 3 aromatic carbocycles. The molecule has 2 aromatic heterocycles. The van der Waals surface area contributed by atoms with Gasteiger partial charge < -0.3 is 19.6 Å². The molecule has 1 aliphatic heterocycles. The van der Waals surface area contributed by atoms with Crippen LogP contribution in [0.2, 0.25) is 0 Å². The van der Waals surface area contributed by atoms with Gasteiger partial charge in [-0.15, -0.1) is 0 Å². The molecule has 1 saturated heterocycles. The summed E-state index contributed by atoms with van der Waals surface area (Å²) in [4.78, 5) is 15.5. The smallest absolute Gasteiger partial charge is 0.352 e. The van der Waals surface area contributed by atoms with E-state index in [2.05, 4.69) is 41.7 Å². The largest absolute Gasteiger partial charge is 0.493 e. The van der Waals surface area contributed by atoms with E-state index in [1.165, 1.54) is 0 Å². The zero-order chi connectivity index (χ0) is 27.1. The van der Waals surface area contributed by atoms with Crippen molar-refractivity contribution < 1.29 is 19.4 Å². The highest BCUT2D eigenvalue weighted by Crippen LogP contribution is 2.37. The molecule has 1 aliphatic rings. The van der Waals surface area contributed by atoms with Gasteiger partial charge >= 0.3 is 5.97 Å². The van der Waals surface area contributed by atoms with Crippen molar-refractivity contribution in [1.29, 1.82) is 0 Å². The van der Waals surface area contributed by atoms with E-state index in [0.717, 1.165) is 75.3 Å². The Balaban J connectivity index is 1.28. The van der Waals surface area contributed by atoms with Crippen molar-refractivity contribution >= 4 is 27.6 Å². The Kier molecular flexibility index (Phi) is 6.39. The molecule has 0 atom stereocenters. The van der Waals surface area contributed by atoms with Crippen molar-refractivity contribution in [2.75, 3.05) is 19.8 Å². The lowest BCUT2D eigenvalue weighted by molar-refractivity contribution is -0.111. The molecule has 0 amide bonds. The predicted molar refractivity (Wildman–Crippen MR) is 153 cm³/mol. The molecular weight excluding hydrogens is 490 g/mol. The molecule has 0 spiro atoms. The summed E-state index contributed by atoms with van der Waals surface area (Å²) >= 11 is 0. The summed E-state index contributed by atoms with van der Waals surface area (Å²) < 4.78 is 13.6. The van der Waals surface area contributed by atoms with Gasteiger partial charge in [-0.2, -0.15) is 5.10 Å². The number of aryl methyl sites for hydroxylation is 2. The van der Waals surface area contributed by atoms with Crippen LogP contribution in [-0.4, -0.2) is 45.7 Å². The van der Waals surface area contributed by atoms with Gasteiger partial charge in [-0.05, 0) is 43.7 Å². The Labute approximate surface area is 227 Å². The number of carboxylic acids is 1. The van der Waals surface area contributed by atoms with Gasteiger partial charge in [0.2, 0.25) is 0 Å². The fraction of sp³-hybridized carbons (Fsp3) is 0.312. The zero-order valence-electron chi connectivity index (χ0n) is 22.6. The average molecular weight is 524 g/mol. The quantitative estimate of drug-likeness (QED) is 0.214. The highest BCUT2D eigenvalue weighted by Gasteiger charge is 2.35. The maximum absolute atomic E-state index is 12.3. The van der Waals surface area contributed by atoms with Gasteiger partial charge in [-0.1, -0.05) is 61.5 Å². The number of hydrogen-bond donors (Lipinski definition) is 2. The summed E-state index contributed by atoms with van der Waals surface area (Å²) in [5, 5.41) is 18.1. The third-order valence-electron chi connectivity index (χ3n) is 7.82. The monoisotopic (exact) mass is 523 g/mol. The topological polar surface area (TPSA) is 89.4 Å². The molecule has 200 valence electrons. The first kappa shape index (κ1) is 25.2. The van der Waals surface area contributed by atoms with Crippen LogP contribution in [0.25, 0.3) is 32.8 Å². The number of carbonyl (C=O) groups is 1. The second kappa shape index (κ2) is 9.89. The molecule has 39 heavy (non-hydrogen) atoms. The van der Waals surface area contributed by atoms with Crippen molar-refractivity contribution in [2.24, 2.45) is 5.41 Å². The third-order valence-corrected chi connectivity index (χ3v) is 7.82. The van der Waals surface area contributed by atoms with Crippen LogP contribution >= 0.6 is 0 Å². The number of nitrogens with zero attached hydrogens (tertiary/aromatic N) is 2. The molecular formula is C32H33N3O4. The fourth-order valence-electron chi connectivity index (χ4n) is 5.82. The molecule has 0 unspecified atom stereocenters. The van der Waals surface area contributed by atoms with Crippen molar-refractivity contribution in [2.45, 2.75) is 40.2 Å². The van der Waals surface area contributed by atoms with Crippen LogP contribution in [-0.2, 0) is 17.7 Å². The molecule has 5 aromatic rings. The molecule has 0 bridgehead atoms. The summed E-state index contributed by atoms with van der Waals surface area (Å²) in [6, 6.07) is 20.2. The molecule has 3 heterocycles. The first-order chi connectivity index (χ1) is 18.8. The van der Waals surface area contributed by atoms with Crippen LogP contribution in [0.15, 0.2) is 60.7 Å². The van der Waals surface area contributed by atoms with Gasteiger partial charge in [0.15, 0.2) is 0 Å². The number of nitrogens with one attached hydrogen (secondary N) is 1. The van der Waals surface area contributed by atoms with E-state index in [9.17, 15) is 9.90 Å². The minimum Gasteiger partial charge on any atom is -0.493 e. The Morgan fingerprint density at radius 3 is 2.59 bits per heavy atom. The van der Waals surface area contributed by atoms with Crippen LogP contribution in [0.5, 0.6) is 5.75 Å². The zero-order valence-corrected chi connectivity index (χ0v) is 22.6. The molecule has 0 aliphatic carbocycles. The molecule has 7 nitrogen and oxygen atoms in total. The van der Waals surface area contributed by atoms with E-state index in [1.54, 1.807) is 0 Å². The molecule has 7 heteroatoms. The Hall–Kier alpha value is -4.10. The minimum absolute atomic E-state index is 0.0939. The normalized spacial score (nSPS) is 14.5. The number of aromatic carboxylic acids is 1. The number of aromatic amines is 1. The van der Waals surface area contributed by atoms with Crippen molar-refractivity contribution in [1.82, 2.24) is 14.8 Å². The first-order valence-electron chi connectivity index (χ1n) is 13.4. The predicted octanol–water partition coefficient (Wildman–Crippen LogP) is 6.55. The van der Waals surface area contributed by atoms with E-state index in [1.807, 2.05) is 49.4 Å². The third kappa shape index (κ3) is 4.57. The number of carboxylic acid groups (broad SMARTS) is 1. The highest BCUT2D eigenvalue weighted by atomic mass is 16.5. The van der Waals surface area contributed by atoms with Gasteiger partial charge in [0.05, 0.1) is 37.6 Å². The second-order valence-electron chi connectivity index (χ2n) is 10.9. The van der Waals surface area contributed by atoms with Gasteiger partial charge in [0.1, 0.15) is 11.4 Å². The van der Waals surface area contributed by atoms with E-state index in [4.69, 9.17) is 14.6 Å². The lowest BCUT2D eigenvalue weighted by Crippen LogP contribution is -2.43. The van der Waals surface area contributed by atoms with Crippen LogP contribution in [0.1, 0.15) is 40.8 Å². The van der Waals surface area contributed by atoms with E-state index in [0.29, 0.717) is 19.4 Å². The fourth-order valence-corrected chi connectivity index (χ4v) is 5.82. The maximum atomic E-state index is 12.3. The molecule has 0 radical (unpaired) electrons. The Morgan fingerprint density at radius 1 is 1.08 bits per heavy atom. The standard InChI is InChI=1S/C32H33N3O4/c1-20-28(21(2)35(34-20)17-32(3)18-38-19-32)26-13-7-12-24-25(30(31(36)37)33-29(24)26)14-8-16-39-27-15-6-10-22-9-4-5-11-23(22)27/h4-7,9-13,15,33H,8,14,16-19H2,1-3H3,(H,36,37). The van der Waals surface area contributed by atoms with Crippen LogP contribution in [0, 0.1) is 19.3 Å². The van der Waals surface area contributed by atoms with Gasteiger partial charge in [0.25, 0.3) is 0 Å². The van der Waals surface area contributed by atoms with Crippen molar-refractivity contribution in [3.05, 3.63) is 83.3 Å². The second-order valence-corrected chi connectivity index (χ2v) is 10.9. The number of fused-ring (bicyclic) bond motifs is 2. The summed E-state index contributed by atoms with van der Waals surface area (Å²) in [7, 11) is 0. The number of H-pyrrole nitrogens is 1. The van der Waals surface area contributed by atoms with Gasteiger partial charge in [-0.25, -0.2) is 4.79 Å². The average Bonchev–Trinajstić information content (AvgIpc) is 3.42. The van der Waals surface area contributed by atoms with Gasteiger partial charge in [-0.3, -0.25) is 4.68 Å². The minimum atomic E-state index is -0.954. The maximum Gasteiger partial charge on any atom is 0.352 e.